The SMILES string of the molecule is c1ccc(-c2ccc(N(c3ccccc3)c3ccc4c(c3)-c3c-4c(-c4ccccc4)c4ccccc4c3-c3ccccc3)cc2)cc1. The Morgan fingerprint density at radius 1 is 0.255 bits per heavy atom. The largest absolute Gasteiger partial charge is 0.310 e. The smallest absolute Gasteiger partial charge is 0.0468 e. The Labute approximate surface area is 275 Å². The number of anilines is 3. The third-order valence-electron chi connectivity index (χ3n) is 9.39. The molecule has 0 spiro atoms. The van der Waals surface area contributed by atoms with Crippen molar-refractivity contribution in [1.29, 1.82) is 0 Å². The molecule has 1 nitrogen and oxygen atoms in total. The number of rotatable bonds is 6. The molecule has 0 aliphatic heterocycles. The van der Waals surface area contributed by atoms with Gasteiger partial charge in [0.25, 0.3) is 0 Å². The molecule has 0 heterocycles. The van der Waals surface area contributed by atoms with E-state index < -0.39 is 0 Å². The summed E-state index contributed by atoms with van der Waals surface area (Å²) >= 11 is 0. The van der Waals surface area contributed by atoms with Crippen LogP contribution in [-0.4, -0.2) is 0 Å². The van der Waals surface area contributed by atoms with Crippen molar-refractivity contribution in [2.45, 2.75) is 0 Å². The van der Waals surface area contributed by atoms with Gasteiger partial charge in [0.2, 0.25) is 0 Å². The van der Waals surface area contributed by atoms with Gasteiger partial charge in [-0.05, 0) is 103 Å². The lowest BCUT2D eigenvalue weighted by Gasteiger charge is -2.34. The van der Waals surface area contributed by atoms with Gasteiger partial charge in [0.1, 0.15) is 0 Å². The molecule has 8 aromatic carbocycles. The van der Waals surface area contributed by atoms with E-state index in [2.05, 4.69) is 193 Å². The van der Waals surface area contributed by atoms with Gasteiger partial charge in [-0.15, -0.1) is 0 Å². The van der Waals surface area contributed by atoms with E-state index in [1.54, 1.807) is 0 Å². The Morgan fingerprint density at radius 2 is 0.660 bits per heavy atom. The molecule has 1 heteroatoms. The van der Waals surface area contributed by atoms with Crippen molar-refractivity contribution in [3.63, 3.8) is 0 Å². The van der Waals surface area contributed by atoms with Crippen LogP contribution < -0.4 is 4.90 Å². The summed E-state index contributed by atoms with van der Waals surface area (Å²) in [5, 5.41) is 2.57. The van der Waals surface area contributed by atoms with Crippen molar-refractivity contribution < 1.29 is 0 Å². The third kappa shape index (κ3) is 4.56. The molecule has 0 atom stereocenters. The highest BCUT2D eigenvalue weighted by Gasteiger charge is 2.33. The van der Waals surface area contributed by atoms with E-state index in [1.165, 1.54) is 66.4 Å². The van der Waals surface area contributed by atoms with Gasteiger partial charge in [0, 0.05) is 17.1 Å². The van der Waals surface area contributed by atoms with E-state index in [9.17, 15) is 0 Å². The summed E-state index contributed by atoms with van der Waals surface area (Å²) in [7, 11) is 0. The number of hydrogen-bond acceptors (Lipinski definition) is 1. The zero-order valence-corrected chi connectivity index (χ0v) is 25.8. The average Bonchev–Trinajstić information content (AvgIpc) is 3.15. The van der Waals surface area contributed by atoms with Crippen LogP contribution >= 0.6 is 0 Å². The fourth-order valence-electron chi connectivity index (χ4n) is 7.28. The maximum absolute atomic E-state index is 2.39. The first-order chi connectivity index (χ1) is 23.3. The van der Waals surface area contributed by atoms with Gasteiger partial charge < -0.3 is 4.90 Å². The summed E-state index contributed by atoms with van der Waals surface area (Å²) in [5.74, 6) is 0. The van der Waals surface area contributed by atoms with E-state index in [0.717, 1.165) is 17.1 Å². The predicted molar refractivity (Wildman–Crippen MR) is 199 cm³/mol. The van der Waals surface area contributed by atoms with Crippen LogP contribution in [-0.2, 0) is 0 Å². The molecule has 0 radical (unpaired) electrons. The Bertz CT molecular complexity index is 2360. The van der Waals surface area contributed by atoms with Crippen LogP contribution in [0.1, 0.15) is 0 Å². The predicted octanol–water partition coefficient (Wildman–Crippen LogP) is 13.0. The molecule has 0 N–H and O–H groups in total. The molecule has 0 aromatic heterocycles. The zero-order chi connectivity index (χ0) is 31.2. The highest BCUT2D eigenvalue weighted by molar-refractivity contribution is 6.24. The molecule has 8 aromatic rings. The second kappa shape index (κ2) is 11.3. The molecule has 47 heavy (non-hydrogen) atoms. The molecule has 0 bridgehead atoms. The molecule has 0 unspecified atom stereocenters. The molecule has 0 amide bonds. The molecule has 0 saturated carbocycles. The Hall–Kier alpha value is -6.18. The Morgan fingerprint density at radius 3 is 1.21 bits per heavy atom. The van der Waals surface area contributed by atoms with Gasteiger partial charge in [0.15, 0.2) is 0 Å². The van der Waals surface area contributed by atoms with Crippen LogP contribution in [0.4, 0.5) is 17.1 Å². The number of fused-ring (bicyclic) bond motifs is 5. The lowest BCUT2D eigenvalue weighted by molar-refractivity contribution is 1.28. The van der Waals surface area contributed by atoms with E-state index in [0.29, 0.717) is 0 Å². The summed E-state index contributed by atoms with van der Waals surface area (Å²) in [6, 6.07) is 67.9. The maximum Gasteiger partial charge on any atom is 0.0468 e. The minimum Gasteiger partial charge on any atom is -0.310 e. The van der Waals surface area contributed by atoms with Crippen molar-refractivity contribution in [2.24, 2.45) is 0 Å². The summed E-state index contributed by atoms with van der Waals surface area (Å²) in [5.41, 5.74) is 16.2. The van der Waals surface area contributed by atoms with Gasteiger partial charge >= 0.3 is 0 Å². The van der Waals surface area contributed by atoms with Crippen LogP contribution in [0.2, 0.25) is 0 Å². The number of nitrogens with zero attached hydrogens (tertiary/aromatic N) is 1. The van der Waals surface area contributed by atoms with E-state index in [1.807, 2.05) is 0 Å². The minimum absolute atomic E-state index is 1.13. The van der Waals surface area contributed by atoms with E-state index in [4.69, 9.17) is 0 Å². The van der Waals surface area contributed by atoms with Crippen LogP contribution in [0.25, 0.3) is 66.4 Å². The average molecular weight is 598 g/mol. The molecular weight excluding hydrogens is 567 g/mol. The molecule has 0 saturated heterocycles. The summed E-state index contributed by atoms with van der Waals surface area (Å²) < 4.78 is 0. The first-order valence-electron chi connectivity index (χ1n) is 16.2. The van der Waals surface area contributed by atoms with Gasteiger partial charge in [-0.25, -0.2) is 0 Å². The minimum atomic E-state index is 1.13. The lowest BCUT2D eigenvalue weighted by atomic mass is 9.70. The molecule has 220 valence electrons. The Kier molecular flexibility index (Phi) is 6.54. The van der Waals surface area contributed by atoms with Crippen molar-refractivity contribution in [3.05, 3.63) is 188 Å². The molecule has 0 fully saturated rings. The van der Waals surface area contributed by atoms with Gasteiger partial charge in [-0.3, -0.25) is 0 Å². The first kappa shape index (κ1) is 27.2. The van der Waals surface area contributed by atoms with Gasteiger partial charge in [-0.2, -0.15) is 0 Å². The molecule has 1 aliphatic rings. The second-order valence-corrected chi connectivity index (χ2v) is 12.1. The molecule has 9 rings (SSSR count). The standard InChI is InChI=1S/C46H31N/c1-5-15-32(16-6-1)33-25-27-37(28-26-33)47(36-21-11-4-12-22-36)38-29-30-41-42(31-38)46-44(35-19-9-3-10-20-35)40-24-14-13-23-39(40)43(45(41)46)34-17-7-2-8-18-34/h1-31H. The van der Waals surface area contributed by atoms with Gasteiger partial charge in [-0.1, -0.05) is 152 Å². The number of benzene rings is 8. The fraction of sp³-hybridized carbons (Fsp3) is 0. The second-order valence-electron chi connectivity index (χ2n) is 12.1. The van der Waals surface area contributed by atoms with E-state index >= 15 is 0 Å². The molecular formula is C46H31N. The van der Waals surface area contributed by atoms with Gasteiger partial charge in [0.05, 0.1) is 0 Å². The summed E-state index contributed by atoms with van der Waals surface area (Å²) in [4.78, 5) is 2.37. The Balaban J connectivity index is 1.26. The summed E-state index contributed by atoms with van der Waals surface area (Å²) in [6.45, 7) is 0. The van der Waals surface area contributed by atoms with Crippen molar-refractivity contribution in [3.8, 4) is 55.6 Å². The maximum atomic E-state index is 2.39. The van der Waals surface area contributed by atoms with E-state index in [-0.39, 0.29) is 0 Å². The highest BCUT2D eigenvalue weighted by atomic mass is 15.1. The highest BCUT2D eigenvalue weighted by Crippen LogP contribution is 2.60. The van der Waals surface area contributed by atoms with Crippen LogP contribution in [0, 0.1) is 0 Å². The van der Waals surface area contributed by atoms with Crippen LogP contribution in [0.5, 0.6) is 0 Å². The van der Waals surface area contributed by atoms with Crippen LogP contribution in [0.3, 0.4) is 0 Å². The normalized spacial score (nSPS) is 11.4. The fourth-order valence-corrected chi connectivity index (χ4v) is 7.28. The summed E-state index contributed by atoms with van der Waals surface area (Å²) in [6.07, 6.45) is 0. The topological polar surface area (TPSA) is 3.24 Å². The number of para-hydroxylation sites is 1. The van der Waals surface area contributed by atoms with Crippen molar-refractivity contribution in [2.75, 3.05) is 4.90 Å². The molecule has 1 aliphatic carbocycles. The quantitative estimate of drug-likeness (QED) is 0.184. The monoisotopic (exact) mass is 597 g/mol. The third-order valence-corrected chi connectivity index (χ3v) is 9.39. The number of hydrogen-bond donors (Lipinski definition) is 0. The lowest BCUT2D eigenvalue weighted by Crippen LogP contribution is -2.12. The van der Waals surface area contributed by atoms with Crippen LogP contribution in [0.15, 0.2) is 188 Å². The first-order valence-corrected chi connectivity index (χ1v) is 16.2. The zero-order valence-electron chi connectivity index (χ0n) is 25.8. The van der Waals surface area contributed by atoms with Crippen molar-refractivity contribution >= 4 is 27.8 Å². The van der Waals surface area contributed by atoms with Crippen molar-refractivity contribution in [1.82, 2.24) is 0 Å².